The second-order valence-corrected chi connectivity index (χ2v) is 8.65. The summed E-state index contributed by atoms with van der Waals surface area (Å²) in [6.07, 6.45) is 1.81. The van der Waals surface area contributed by atoms with Crippen molar-refractivity contribution in [2.24, 2.45) is 4.99 Å². The second kappa shape index (κ2) is 11.4. The van der Waals surface area contributed by atoms with Gasteiger partial charge < -0.3 is 30.0 Å². The largest absolute Gasteiger partial charge is 0.454 e. The van der Waals surface area contributed by atoms with Gasteiger partial charge in [0.1, 0.15) is 5.60 Å². The summed E-state index contributed by atoms with van der Waals surface area (Å²) in [4.78, 5) is 4.70. The van der Waals surface area contributed by atoms with Crippen LogP contribution in [-0.2, 0) is 15.8 Å². The summed E-state index contributed by atoms with van der Waals surface area (Å²) >= 11 is 0. The molecule has 0 amide bonds. The number of ether oxygens (including phenoxy) is 3. The van der Waals surface area contributed by atoms with Gasteiger partial charge in [-0.25, -0.2) is 4.99 Å². The van der Waals surface area contributed by atoms with Crippen LogP contribution in [-0.4, -0.2) is 50.7 Å². The van der Waals surface area contributed by atoms with E-state index in [1.165, 1.54) is 5.56 Å². The molecule has 7 nitrogen and oxygen atoms in total. The van der Waals surface area contributed by atoms with Crippen molar-refractivity contribution in [1.82, 2.24) is 10.6 Å². The Morgan fingerprint density at radius 2 is 1.79 bits per heavy atom. The number of nitrogens with zero attached hydrogens (tertiary/aromatic N) is 1. The number of rotatable bonds is 7. The number of halogens is 1. The number of fused-ring (bicyclic) bond motifs is 1. The molecule has 0 spiro atoms. The van der Waals surface area contributed by atoms with Crippen LogP contribution in [0, 0.1) is 0 Å². The monoisotopic (exact) mass is 567 g/mol. The molecule has 0 aliphatic carbocycles. The molecule has 0 saturated carbocycles. The number of nitrogens with one attached hydrogen (secondary N) is 2. The van der Waals surface area contributed by atoms with Gasteiger partial charge in [0.05, 0.1) is 6.54 Å². The molecule has 8 heteroatoms. The highest BCUT2D eigenvalue weighted by Crippen LogP contribution is 2.40. The van der Waals surface area contributed by atoms with E-state index in [-0.39, 0.29) is 42.7 Å². The van der Waals surface area contributed by atoms with Gasteiger partial charge in [-0.1, -0.05) is 36.4 Å². The number of benzene rings is 2. The van der Waals surface area contributed by atoms with E-state index >= 15 is 0 Å². The number of aliphatic imine (C=N–C) groups is 1. The molecule has 2 aliphatic heterocycles. The van der Waals surface area contributed by atoms with Crippen LogP contribution >= 0.6 is 24.0 Å². The van der Waals surface area contributed by atoms with Gasteiger partial charge >= 0.3 is 0 Å². The van der Waals surface area contributed by atoms with Crippen molar-refractivity contribution in [1.29, 1.82) is 0 Å². The fraction of sp³-hybridized carbons (Fsp3) is 0.480. The molecule has 180 valence electrons. The van der Waals surface area contributed by atoms with Crippen molar-refractivity contribution in [2.45, 2.75) is 37.7 Å². The normalized spacial score (nSPS) is 18.7. The van der Waals surface area contributed by atoms with Gasteiger partial charge in [-0.05, 0) is 49.9 Å². The molecule has 33 heavy (non-hydrogen) atoms. The molecule has 0 aromatic heterocycles. The number of hydrogen-bond acceptors (Lipinski definition) is 5. The first-order valence-corrected chi connectivity index (χ1v) is 11.3. The maximum atomic E-state index is 10.9. The third kappa shape index (κ3) is 6.10. The average molecular weight is 567 g/mol. The molecule has 1 unspecified atom stereocenters. The van der Waals surface area contributed by atoms with E-state index in [4.69, 9.17) is 19.2 Å². The zero-order valence-electron chi connectivity index (χ0n) is 19.3. The van der Waals surface area contributed by atoms with Gasteiger partial charge in [0, 0.05) is 31.7 Å². The fourth-order valence-corrected chi connectivity index (χ4v) is 4.27. The van der Waals surface area contributed by atoms with Crippen molar-refractivity contribution >= 4 is 29.9 Å². The third-order valence-electron chi connectivity index (χ3n) is 6.31. The minimum atomic E-state index is -1.04. The minimum Gasteiger partial charge on any atom is -0.454 e. The molecule has 1 fully saturated rings. The topological polar surface area (TPSA) is 84.3 Å². The summed E-state index contributed by atoms with van der Waals surface area (Å²) in [5.41, 5.74) is 0.917. The fourth-order valence-electron chi connectivity index (χ4n) is 4.27. The SMILES string of the molecule is CCNC(=NCC(C)(O)c1ccccc1)NCC1(c2ccc3c(c2)OCO3)CCOCC1.I. The van der Waals surface area contributed by atoms with Crippen LogP contribution in [0.3, 0.4) is 0 Å². The summed E-state index contributed by atoms with van der Waals surface area (Å²) in [7, 11) is 0. The number of guanidine groups is 1. The Balaban J connectivity index is 0.00000306. The highest BCUT2D eigenvalue weighted by molar-refractivity contribution is 14.0. The van der Waals surface area contributed by atoms with E-state index in [0.29, 0.717) is 25.7 Å². The zero-order valence-corrected chi connectivity index (χ0v) is 21.6. The van der Waals surface area contributed by atoms with Crippen molar-refractivity contribution in [3.63, 3.8) is 0 Å². The van der Waals surface area contributed by atoms with E-state index in [2.05, 4.69) is 22.8 Å². The Hall–Kier alpha value is -2.04. The molecule has 1 atom stereocenters. The van der Waals surface area contributed by atoms with E-state index in [9.17, 15) is 5.11 Å². The van der Waals surface area contributed by atoms with Crippen LogP contribution in [0.1, 0.15) is 37.8 Å². The van der Waals surface area contributed by atoms with Gasteiger partial charge in [0.15, 0.2) is 17.5 Å². The smallest absolute Gasteiger partial charge is 0.231 e. The molecule has 2 aliphatic rings. The van der Waals surface area contributed by atoms with Gasteiger partial charge in [0.25, 0.3) is 0 Å². The summed E-state index contributed by atoms with van der Waals surface area (Å²) in [6, 6.07) is 15.9. The Morgan fingerprint density at radius 3 is 2.52 bits per heavy atom. The molecular weight excluding hydrogens is 533 g/mol. The Morgan fingerprint density at radius 1 is 1.06 bits per heavy atom. The molecule has 4 rings (SSSR count). The predicted molar refractivity (Wildman–Crippen MR) is 140 cm³/mol. The third-order valence-corrected chi connectivity index (χ3v) is 6.31. The van der Waals surface area contributed by atoms with Crippen molar-refractivity contribution < 1.29 is 19.3 Å². The van der Waals surface area contributed by atoms with E-state index < -0.39 is 5.60 Å². The summed E-state index contributed by atoms with van der Waals surface area (Å²) in [5.74, 6) is 2.28. The molecular formula is C25H34IN3O4. The van der Waals surface area contributed by atoms with Crippen LogP contribution in [0.15, 0.2) is 53.5 Å². The molecule has 0 radical (unpaired) electrons. The van der Waals surface area contributed by atoms with Crippen LogP contribution < -0.4 is 20.1 Å². The van der Waals surface area contributed by atoms with Crippen molar-refractivity contribution in [3.05, 3.63) is 59.7 Å². The number of aliphatic hydroxyl groups is 1. The number of hydrogen-bond donors (Lipinski definition) is 3. The highest BCUT2D eigenvalue weighted by atomic mass is 127. The molecule has 1 saturated heterocycles. The first kappa shape index (κ1) is 25.6. The van der Waals surface area contributed by atoms with Crippen molar-refractivity contribution in [3.8, 4) is 11.5 Å². The lowest BCUT2D eigenvalue weighted by atomic mass is 9.74. The summed E-state index contributed by atoms with van der Waals surface area (Å²) in [5, 5.41) is 17.8. The van der Waals surface area contributed by atoms with E-state index in [1.807, 2.05) is 43.3 Å². The minimum absolute atomic E-state index is 0. The van der Waals surface area contributed by atoms with Crippen molar-refractivity contribution in [2.75, 3.05) is 39.6 Å². The van der Waals surface area contributed by atoms with Crippen LogP contribution in [0.25, 0.3) is 0 Å². The Labute approximate surface area is 212 Å². The van der Waals surface area contributed by atoms with E-state index in [1.54, 1.807) is 6.92 Å². The average Bonchev–Trinajstić information content (AvgIpc) is 3.30. The van der Waals surface area contributed by atoms with Gasteiger partial charge in [-0.3, -0.25) is 0 Å². The predicted octanol–water partition coefficient (Wildman–Crippen LogP) is 3.54. The second-order valence-electron chi connectivity index (χ2n) is 8.65. The Bertz CT molecular complexity index is 931. The van der Waals surface area contributed by atoms with E-state index in [0.717, 1.165) is 36.4 Å². The van der Waals surface area contributed by atoms with Gasteiger partial charge in [-0.2, -0.15) is 0 Å². The lowest BCUT2D eigenvalue weighted by molar-refractivity contribution is 0.0512. The molecule has 0 bridgehead atoms. The van der Waals surface area contributed by atoms with Crippen LogP contribution in [0.5, 0.6) is 11.5 Å². The first-order chi connectivity index (χ1) is 15.5. The highest BCUT2D eigenvalue weighted by Gasteiger charge is 2.36. The van der Waals surface area contributed by atoms with Gasteiger partial charge in [0.2, 0.25) is 6.79 Å². The maximum absolute atomic E-state index is 10.9. The standard InChI is InChI=1S/C25H33N3O4.HI/c1-3-26-23(27-16-24(2,29)19-7-5-4-6-8-19)28-17-25(11-13-30-14-12-25)20-9-10-21-22(15-20)32-18-31-21;/h4-10,15,29H,3,11-14,16-18H2,1-2H3,(H2,26,27,28);1H. The molecule has 2 heterocycles. The lowest BCUT2D eigenvalue weighted by Gasteiger charge is -2.38. The zero-order chi connectivity index (χ0) is 22.4. The first-order valence-electron chi connectivity index (χ1n) is 11.3. The van der Waals surface area contributed by atoms with Crippen LogP contribution in [0.2, 0.25) is 0 Å². The molecule has 2 aromatic rings. The van der Waals surface area contributed by atoms with Crippen LogP contribution in [0.4, 0.5) is 0 Å². The summed E-state index contributed by atoms with van der Waals surface area (Å²) in [6.45, 7) is 7.22. The maximum Gasteiger partial charge on any atom is 0.231 e. The summed E-state index contributed by atoms with van der Waals surface area (Å²) < 4.78 is 16.8. The molecule has 3 N–H and O–H groups in total. The lowest BCUT2D eigenvalue weighted by Crippen LogP contribution is -2.48. The van der Waals surface area contributed by atoms with Gasteiger partial charge in [-0.15, -0.1) is 24.0 Å². The Kier molecular flexibility index (Phi) is 8.83. The quantitative estimate of drug-likeness (QED) is 0.270. The molecule has 2 aromatic carbocycles.